The van der Waals surface area contributed by atoms with Crippen molar-refractivity contribution in [3.8, 4) is 0 Å². The number of aliphatic hydroxyl groups excluding tert-OH is 11. The zero-order chi connectivity index (χ0) is 35.0. The first-order valence-corrected chi connectivity index (χ1v) is 14.5. The number of carboxylic acid groups (broad SMARTS) is 1. The van der Waals surface area contributed by atoms with Crippen molar-refractivity contribution in [1.29, 1.82) is 0 Å². The van der Waals surface area contributed by atoms with Crippen molar-refractivity contribution >= 4 is 11.9 Å². The van der Waals surface area contributed by atoms with Crippen molar-refractivity contribution < 1.29 is 89.8 Å². The number of aromatic nitrogens is 3. The Hall–Kier alpha value is -2.52. The number of aliphatic carboxylic acids is 1. The zero-order valence-electron chi connectivity index (χ0n) is 24.7. The van der Waals surface area contributed by atoms with Gasteiger partial charge in [0.15, 0.2) is 6.23 Å². The smallest absolute Gasteiger partial charge is 0.364 e. The quantitative estimate of drug-likeness (QED) is 0.103. The summed E-state index contributed by atoms with van der Waals surface area (Å²) in [6, 6.07) is -1.53. The second kappa shape index (κ2) is 14.9. The van der Waals surface area contributed by atoms with Gasteiger partial charge in [-0.1, -0.05) is 5.21 Å². The molecule has 0 aliphatic carbocycles. The number of nitrogens with zero attached hydrogens (tertiary/aromatic N) is 3. The second-order valence-electron chi connectivity index (χ2n) is 11.6. The van der Waals surface area contributed by atoms with E-state index < -0.39 is 136 Å². The molecule has 3 aliphatic heterocycles. The first kappa shape index (κ1) is 37.3. The van der Waals surface area contributed by atoms with Crippen molar-refractivity contribution in [1.82, 2.24) is 20.3 Å². The highest BCUT2D eigenvalue weighted by Crippen LogP contribution is 2.39. The van der Waals surface area contributed by atoms with Crippen molar-refractivity contribution in [2.45, 2.75) is 111 Å². The summed E-state index contributed by atoms with van der Waals surface area (Å²) in [6.45, 7) is -1.65. The molecule has 16 atom stereocenters. The number of hydrogen-bond acceptors (Lipinski definition) is 19. The van der Waals surface area contributed by atoms with Gasteiger partial charge in [0, 0.05) is 13.3 Å². The molecule has 0 spiro atoms. The van der Waals surface area contributed by atoms with Gasteiger partial charge in [0.2, 0.25) is 5.91 Å². The Morgan fingerprint density at radius 3 is 2.21 bits per heavy atom. The first-order valence-electron chi connectivity index (χ1n) is 14.5. The lowest BCUT2D eigenvalue weighted by molar-refractivity contribution is -0.358. The maximum atomic E-state index is 12.7. The Labute approximate surface area is 264 Å². The minimum absolute atomic E-state index is 0.189. The number of carbonyl (C=O) groups excluding carboxylic acids is 1. The molecule has 0 saturated carbocycles. The van der Waals surface area contributed by atoms with Crippen LogP contribution in [0.15, 0.2) is 6.20 Å². The maximum Gasteiger partial charge on any atom is 0.364 e. The molecule has 1 aromatic heterocycles. The van der Waals surface area contributed by atoms with Gasteiger partial charge in [-0.3, -0.25) is 4.79 Å². The SMILES string of the molecule is CC(=O)N[C@H]1[C@H]([C@H](O)[C@H](O)CO)O[C@@](O[C@@H]2[C@@H](O)[C@H](n3cc([C@H]4O[C@H](CO)[C@@H](O)[C@H](O)[C@@H]4O)nn3)O[C@H](CO)[C@@H]2O)(C(=O)O)C[C@@H]1O. The van der Waals surface area contributed by atoms with Gasteiger partial charge in [-0.15, -0.1) is 5.10 Å². The van der Waals surface area contributed by atoms with Gasteiger partial charge >= 0.3 is 5.97 Å². The fourth-order valence-corrected chi connectivity index (χ4v) is 5.78. The van der Waals surface area contributed by atoms with Gasteiger partial charge in [0.1, 0.15) is 78.9 Å². The third-order valence-corrected chi connectivity index (χ3v) is 8.33. The summed E-state index contributed by atoms with van der Waals surface area (Å²) in [7, 11) is 0. The first-order chi connectivity index (χ1) is 22.1. The third kappa shape index (κ3) is 7.26. The zero-order valence-corrected chi connectivity index (χ0v) is 24.7. The molecule has 22 nitrogen and oxygen atoms in total. The van der Waals surface area contributed by atoms with Crippen LogP contribution < -0.4 is 5.32 Å². The van der Waals surface area contributed by atoms with E-state index in [1.165, 1.54) is 0 Å². The normalized spacial score (nSPS) is 42.4. The van der Waals surface area contributed by atoms with E-state index in [0.717, 1.165) is 17.8 Å². The predicted molar refractivity (Wildman–Crippen MR) is 143 cm³/mol. The Balaban J connectivity index is 1.65. The molecular formula is C25H40N4O18. The van der Waals surface area contributed by atoms with Crippen LogP contribution in [0.2, 0.25) is 0 Å². The van der Waals surface area contributed by atoms with E-state index in [1.54, 1.807) is 0 Å². The van der Waals surface area contributed by atoms with Gasteiger partial charge in [0.25, 0.3) is 5.79 Å². The van der Waals surface area contributed by atoms with E-state index in [1.807, 2.05) is 0 Å². The molecule has 13 N–H and O–H groups in total. The Morgan fingerprint density at radius 2 is 1.64 bits per heavy atom. The number of carboxylic acids is 1. The summed E-state index contributed by atoms with van der Waals surface area (Å²) in [5.74, 6) is -5.67. The van der Waals surface area contributed by atoms with E-state index in [-0.39, 0.29) is 5.69 Å². The van der Waals surface area contributed by atoms with Crippen LogP contribution >= 0.6 is 0 Å². The minimum atomic E-state index is -2.99. The molecule has 0 aromatic carbocycles. The van der Waals surface area contributed by atoms with Crippen molar-refractivity contribution in [3.05, 3.63) is 11.9 Å². The van der Waals surface area contributed by atoms with Crippen LogP contribution in [0.25, 0.3) is 0 Å². The maximum absolute atomic E-state index is 12.7. The summed E-state index contributed by atoms with van der Waals surface area (Å²) < 4.78 is 23.0. The molecule has 0 radical (unpaired) electrons. The number of rotatable bonds is 11. The fraction of sp³-hybridized carbons (Fsp3) is 0.840. The Bertz CT molecular complexity index is 1220. The van der Waals surface area contributed by atoms with Crippen LogP contribution in [0, 0.1) is 0 Å². The molecule has 0 bridgehead atoms. The van der Waals surface area contributed by atoms with Crippen LogP contribution in [-0.4, -0.2) is 193 Å². The molecule has 0 unspecified atom stereocenters. The van der Waals surface area contributed by atoms with E-state index in [9.17, 15) is 70.9 Å². The molecule has 3 fully saturated rings. The number of hydrogen-bond donors (Lipinski definition) is 13. The summed E-state index contributed by atoms with van der Waals surface area (Å²) in [4.78, 5) is 24.4. The highest BCUT2D eigenvalue weighted by Gasteiger charge is 2.59. The second-order valence-corrected chi connectivity index (χ2v) is 11.6. The highest BCUT2D eigenvalue weighted by molar-refractivity contribution is 5.76. The molecule has 1 amide bonds. The summed E-state index contributed by atoms with van der Waals surface area (Å²) in [5, 5.41) is 133. The fourth-order valence-electron chi connectivity index (χ4n) is 5.78. The summed E-state index contributed by atoms with van der Waals surface area (Å²) in [6.07, 6.45) is -25.0. The Kier molecular flexibility index (Phi) is 11.9. The standard InChI is InChI=1S/C25H40N4O18/c1-7(33)26-13-9(34)2-25(24(42)43,46-21(13)14(36)10(35)4-30)47-22-16(38)12(6-32)45-23(19(22)41)29-3-8(27-28-29)20-18(40)17(39)15(37)11(5-31)44-20/h3,9-23,30-32,34-41H,2,4-6H2,1H3,(H,26,33)(H,42,43)/t9-,10+,11+,12+,13+,14+,15+,16-,17-,18-,19+,20+,21+,22-,23+,25-/m0/s1. The van der Waals surface area contributed by atoms with Crippen LogP contribution in [0.3, 0.4) is 0 Å². The van der Waals surface area contributed by atoms with Gasteiger partial charge in [-0.2, -0.15) is 0 Å². The van der Waals surface area contributed by atoms with E-state index >= 15 is 0 Å². The van der Waals surface area contributed by atoms with Gasteiger partial charge < -0.3 is 85.5 Å². The van der Waals surface area contributed by atoms with Gasteiger partial charge in [0.05, 0.1) is 38.2 Å². The number of amides is 1. The van der Waals surface area contributed by atoms with E-state index in [4.69, 9.17) is 18.9 Å². The van der Waals surface area contributed by atoms with Crippen LogP contribution in [0.5, 0.6) is 0 Å². The van der Waals surface area contributed by atoms with Crippen molar-refractivity contribution in [3.63, 3.8) is 0 Å². The van der Waals surface area contributed by atoms with Crippen LogP contribution in [0.4, 0.5) is 0 Å². The lowest BCUT2D eigenvalue weighted by Gasteiger charge is -2.50. The molecule has 47 heavy (non-hydrogen) atoms. The van der Waals surface area contributed by atoms with Crippen molar-refractivity contribution in [2.75, 3.05) is 19.8 Å². The predicted octanol–water partition coefficient (Wildman–Crippen LogP) is -8.06. The number of ether oxygens (including phenoxy) is 4. The molecule has 268 valence electrons. The average molecular weight is 685 g/mol. The topological polar surface area (TPSA) is 357 Å². The molecule has 1 aromatic rings. The molecule has 3 aliphatic rings. The van der Waals surface area contributed by atoms with Crippen molar-refractivity contribution in [2.24, 2.45) is 0 Å². The van der Waals surface area contributed by atoms with E-state index in [2.05, 4.69) is 15.6 Å². The number of carbonyl (C=O) groups is 2. The van der Waals surface area contributed by atoms with Gasteiger partial charge in [-0.25, -0.2) is 9.48 Å². The largest absolute Gasteiger partial charge is 0.477 e. The van der Waals surface area contributed by atoms with Gasteiger partial charge in [-0.05, 0) is 0 Å². The van der Waals surface area contributed by atoms with Crippen LogP contribution in [0.1, 0.15) is 31.4 Å². The highest BCUT2D eigenvalue weighted by atomic mass is 16.7. The monoisotopic (exact) mass is 684 g/mol. The lowest BCUT2D eigenvalue weighted by Crippen LogP contribution is -2.70. The molecule has 4 rings (SSSR count). The third-order valence-electron chi connectivity index (χ3n) is 8.33. The molecule has 3 saturated heterocycles. The lowest BCUT2D eigenvalue weighted by atomic mass is 9.88. The summed E-state index contributed by atoms with van der Waals surface area (Å²) in [5.41, 5.74) is -0.189. The minimum Gasteiger partial charge on any atom is -0.477 e. The molecule has 22 heteroatoms. The Morgan fingerprint density at radius 1 is 1.00 bits per heavy atom. The van der Waals surface area contributed by atoms with E-state index in [0.29, 0.717) is 0 Å². The molecular weight excluding hydrogens is 644 g/mol. The number of aliphatic hydroxyl groups is 11. The number of nitrogens with one attached hydrogen (secondary N) is 1. The average Bonchev–Trinajstić information content (AvgIpc) is 3.52. The molecule has 4 heterocycles. The summed E-state index contributed by atoms with van der Waals surface area (Å²) >= 11 is 0. The van der Waals surface area contributed by atoms with Crippen LogP contribution in [-0.2, 0) is 28.5 Å².